The minimum atomic E-state index is 0.741. The van der Waals surface area contributed by atoms with Gasteiger partial charge in [-0.2, -0.15) is 5.10 Å². The molecular formula is C3H3N5. The zero-order valence-electron chi connectivity index (χ0n) is 3.94. The molecule has 0 saturated heterocycles. The maximum Gasteiger partial charge on any atom is 0.197 e. The van der Waals surface area contributed by atoms with E-state index < -0.39 is 0 Å². The van der Waals surface area contributed by atoms with E-state index in [-0.39, 0.29) is 0 Å². The normalized spacial score (nSPS) is 10.5. The van der Waals surface area contributed by atoms with Crippen LogP contribution in [-0.2, 0) is 0 Å². The lowest BCUT2D eigenvalue weighted by Gasteiger charge is -1.69. The predicted octanol–water partition coefficient (Wildman–Crippen LogP) is -0.548. The topological polar surface area (TPSA) is 58.9 Å². The van der Waals surface area contributed by atoms with E-state index in [2.05, 4.69) is 20.5 Å². The summed E-state index contributed by atoms with van der Waals surface area (Å²) >= 11 is 0. The number of hydrogen-bond donors (Lipinski definition) is 1. The Labute approximate surface area is 44.3 Å². The summed E-state index contributed by atoms with van der Waals surface area (Å²) in [7, 11) is 0. The summed E-state index contributed by atoms with van der Waals surface area (Å²) in [4.78, 5) is 0. The van der Waals surface area contributed by atoms with Crippen molar-refractivity contribution in [2.75, 3.05) is 0 Å². The molecule has 0 aliphatic heterocycles. The molecular weight excluding hydrogens is 106 g/mol. The minimum absolute atomic E-state index is 0.741. The highest BCUT2D eigenvalue weighted by Crippen LogP contribution is 1.87. The molecule has 40 valence electrons. The highest BCUT2D eigenvalue weighted by molar-refractivity contribution is 5.29. The first kappa shape index (κ1) is 3.59. The number of nitrogens with one attached hydrogen (secondary N) is 1. The van der Waals surface area contributed by atoms with Crippen LogP contribution in [0.4, 0.5) is 0 Å². The summed E-state index contributed by atoms with van der Waals surface area (Å²) < 4.78 is 1.62. The Morgan fingerprint density at radius 1 is 1.62 bits per heavy atom. The fraction of sp³-hybridized carbons (Fsp3) is 0. The average molecular weight is 109 g/mol. The van der Waals surface area contributed by atoms with Gasteiger partial charge in [0.1, 0.15) is 6.33 Å². The lowest BCUT2D eigenvalue weighted by atomic mass is 10.8. The average Bonchev–Trinajstić information content (AvgIpc) is 2.15. The molecule has 0 spiro atoms. The smallest absolute Gasteiger partial charge is 0.197 e. The standard InChI is InChI=1S/C3H3N5/c1-3-6-5-2-8(3)7-4-1/h1-2,7H. The highest BCUT2D eigenvalue weighted by Gasteiger charge is 1.90. The van der Waals surface area contributed by atoms with Crippen molar-refractivity contribution in [2.24, 2.45) is 0 Å². The van der Waals surface area contributed by atoms with Gasteiger partial charge in [0.25, 0.3) is 0 Å². The van der Waals surface area contributed by atoms with Gasteiger partial charge < -0.3 is 0 Å². The number of H-pyrrole nitrogens is 1. The Bertz CT molecular complexity index is 229. The summed E-state index contributed by atoms with van der Waals surface area (Å²) in [5.74, 6) is 0. The van der Waals surface area contributed by atoms with Crippen LogP contribution in [0.3, 0.4) is 0 Å². The van der Waals surface area contributed by atoms with Crippen molar-refractivity contribution in [1.82, 2.24) is 25.0 Å². The van der Waals surface area contributed by atoms with Crippen molar-refractivity contribution in [3.63, 3.8) is 0 Å². The second-order valence-corrected chi connectivity index (χ2v) is 1.42. The van der Waals surface area contributed by atoms with E-state index >= 15 is 0 Å². The van der Waals surface area contributed by atoms with Crippen LogP contribution >= 0.6 is 0 Å². The molecule has 0 fully saturated rings. The number of aromatic nitrogens is 5. The highest BCUT2D eigenvalue weighted by atomic mass is 15.4. The van der Waals surface area contributed by atoms with Crippen LogP contribution in [0.15, 0.2) is 12.5 Å². The third-order valence-corrected chi connectivity index (χ3v) is 0.920. The van der Waals surface area contributed by atoms with Crippen molar-refractivity contribution in [2.45, 2.75) is 0 Å². The summed E-state index contributed by atoms with van der Waals surface area (Å²) in [5.41, 5.74) is 0.741. The molecule has 0 bridgehead atoms. The van der Waals surface area contributed by atoms with Crippen molar-refractivity contribution in [3.05, 3.63) is 12.5 Å². The van der Waals surface area contributed by atoms with Crippen LogP contribution in [0.1, 0.15) is 0 Å². The van der Waals surface area contributed by atoms with Crippen LogP contribution < -0.4 is 0 Å². The first-order valence-corrected chi connectivity index (χ1v) is 2.16. The minimum Gasteiger partial charge on any atom is -0.211 e. The molecule has 0 radical (unpaired) electrons. The van der Waals surface area contributed by atoms with Crippen LogP contribution in [0, 0.1) is 0 Å². The predicted molar refractivity (Wildman–Crippen MR) is 25.1 cm³/mol. The van der Waals surface area contributed by atoms with Gasteiger partial charge in [-0.25, -0.2) is 9.73 Å². The first-order chi connectivity index (χ1) is 3.97. The Morgan fingerprint density at radius 2 is 2.62 bits per heavy atom. The SMILES string of the molecule is c1n[nH]n2cnnc12. The molecule has 0 aliphatic rings. The lowest BCUT2D eigenvalue weighted by Crippen LogP contribution is -1.78. The fourth-order valence-corrected chi connectivity index (χ4v) is 0.558. The maximum atomic E-state index is 3.70. The summed E-state index contributed by atoms with van der Waals surface area (Å²) in [6.45, 7) is 0. The molecule has 5 heteroatoms. The fourth-order valence-electron chi connectivity index (χ4n) is 0.558. The van der Waals surface area contributed by atoms with Crippen LogP contribution in [0.25, 0.3) is 5.65 Å². The van der Waals surface area contributed by atoms with Crippen LogP contribution in [0.2, 0.25) is 0 Å². The van der Waals surface area contributed by atoms with Gasteiger partial charge >= 0.3 is 0 Å². The number of aromatic amines is 1. The van der Waals surface area contributed by atoms with E-state index in [9.17, 15) is 0 Å². The van der Waals surface area contributed by atoms with E-state index in [4.69, 9.17) is 0 Å². The van der Waals surface area contributed by atoms with E-state index in [0.29, 0.717) is 0 Å². The Kier molecular flexibility index (Phi) is 0.476. The molecule has 2 aromatic rings. The molecule has 2 heterocycles. The van der Waals surface area contributed by atoms with Gasteiger partial charge in [-0.3, -0.25) is 0 Å². The number of nitrogens with zero attached hydrogens (tertiary/aromatic N) is 4. The van der Waals surface area contributed by atoms with Crippen LogP contribution in [0.5, 0.6) is 0 Å². The molecule has 0 unspecified atom stereocenters. The molecule has 5 nitrogen and oxygen atoms in total. The Hall–Kier alpha value is -1.39. The quantitative estimate of drug-likeness (QED) is 0.494. The molecule has 2 rings (SSSR count). The van der Waals surface area contributed by atoms with Crippen molar-refractivity contribution < 1.29 is 0 Å². The van der Waals surface area contributed by atoms with E-state index in [1.807, 2.05) is 0 Å². The zero-order valence-corrected chi connectivity index (χ0v) is 3.94. The van der Waals surface area contributed by atoms with E-state index in [1.54, 1.807) is 17.0 Å². The van der Waals surface area contributed by atoms with E-state index in [0.717, 1.165) is 5.65 Å². The summed E-state index contributed by atoms with van der Waals surface area (Å²) in [6, 6.07) is 0. The molecule has 1 N–H and O–H groups in total. The van der Waals surface area contributed by atoms with Gasteiger partial charge in [0, 0.05) is 0 Å². The third-order valence-electron chi connectivity index (χ3n) is 0.920. The lowest BCUT2D eigenvalue weighted by molar-refractivity contribution is 0.850. The third kappa shape index (κ3) is 0.281. The first-order valence-electron chi connectivity index (χ1n) is 2.16. The second kappa shape index (κ2) is 1.06. The largest absolute Gasteiger partial charge is 0.211 e. The molecule has 0 amide bonds. The summed E-state index contributed by atoms with van der Waals surface area (Å²) in [5, 5.41) is 13.6. The Morgan fingerprint density at radius 3 is 3.50 bits per heavy atom. The zero-order chi connectivity index (χ0) is 5.40. The molecule has 0 aromatic carbocycles. The van der Waals surface area contributed by atoms with Gasteiger partial charge in [-0.1, -0.05) is 0 Å². The maximum absolute atomic E-state index is 3.70. The summed E-state index contributed by atoms with van der Waals surface area (Å²) in [6.07, 6.45) is 3.16. The van der Waals surface area contributed by atoms with Crippen LogP contribution in [-0.4, -0.2) is 25.0 Å². The number of hydrogen-bond acceptors (Lipinski definition) is 3. The molecule has 0 aliphatic carbocycles. The van der Waals surface area contributed by atoms with Gasteiger partial charge in [0.15, 0.2) is 5.65 Å². The van der Waals surface area contributed by atoms with Crippen molar-refractivity contribution >= 4 is 5.65 Å². The second-order valence-electron chi connectivity index (χ2n) is 1.42. The molecule has 2 aromatic heterocycles. The number of rotatable bonds is 0. The van der Waals surface area contributed by atoms with Gasteiger partial charge in [-0.15, -0.1) is 10.2 Å². The molecule has 0 saturated carbocycles. The molecule has 8 heavy (non-hydrogen) atoms. The van der Waals surface area contributed by atoms with Crippen molar-refractivity contribution in [1.29, 1.82) is 0 Å². The van der Waals surface area contributed by atoms with E-state index in [1.165, 1.54) is 0 Å². The monoisotopic (exact) mass is 109 g/mol. The van der Waals surface area contributed by atoms with Gasteiger partial charge in [0.05, 0.1) is 6.20 Å². The molecule has 0 atom stereocenters. The Balaban J connectivity index is 3.06. The van der Waals surface area contributed by atoms with Crippen molar-refractivity contribution in [3.8, 4) is 0 Å². The van der Waals surface area contributed by atoms with Gasteiger partial charge in [-0.05, 0) is 0 Å². The number of fused-ring (bicyclic) bond motifs is 1. The van der Waals surface area contributed by atoms with Gasteiger partial charge in [0.2, 0.25) is 0 Å².